The van der Waals surface area contributed by atoms with Gasteiger partial charge in [0.05, 0.1) is 0 Å². The third kappa shape index (κ3) is 5.27. The van der Waals surface area contributed by atoms with Crippen LogP contribution in [0, 0.1) is 5.41 Å². The van der Waals surface area contributed by atoms with Gasteiger partial charge in [-0.15, -0.1) is 0 Å². The molecule has 0 saturated heterocycles. The van der Waals surface area contributed by atoms with Crippen molar-refractivity contribution in [3.05, 3.63) is 0 Å². The van der Waals surface area contributed by atoms with Crippen LogP contribution in [0.2, 0.25) is 0 Å². The van der Waals surface area contributed by atoms with Crippen molar-refractivity contribution in [1.82, 2.24) is 10.2 Å². The van der Waals surface area contributed by atoms with Gasteiger partial charge in [-0.25, -0.2) is 0 Å². The average Bonchev–Trinajstić information content (AvgIpc) is 2.11. The zero-order valence-electron chi connectivity index (χ0n) is 13.5. The summed E-state index contributed by atoms with van der Waals surface area (Å²) < 4.78 is 0. The summed E-state index contributed by atoms with van der Waals surface area (Å²) in [7, 11) is 2.31. The summed E-state index contributed by atoms with van der Waals surface area (Å²) in [5.41, 5.74) is 0.635. The molecule has 2 nitrogen and oxygen atoms in total. The minimum Gasteiger partial charge on any atom is -0.311 e. The molecular weight excluding hydrogens is 220 g/mol. The molecule has 0 amide bonds. The Morgan fingerprint density at radius 2 is 1.78 bits per heavy atom. The Balaban J connectivity index is 2.49. The van der Waals surface area contributed by atoms with Crippen molar-refractivity contribution in [3.8, 4) is 0 Å². The van der Waals surface area contributed by atoms with Crippen molar-refractivity contribution in [2.24, 2.45) is 5.41 Å². The topological polar surface area (TPSA) is 15.3 Å². The van der Waals surface area contributed by atoms with Crippen LogP contribution in [0.25, 0.3) is 0 Å². The van der Waals surface area contributed by atoms with Gasteiger partial charge in [0.1, 0.15) is 0 Å². The van der Waals surface area contributed by atoms with E-state index in [4.69, 9.17) is 0 Å². The molecule has 1 fully saturated rings. The number of hydrogen-bond donors (Lipinski definition) is 1. The second-order valence-corrected chi connectivity index (χ2v) is 7.66. The molecule has 1 N–H and O–H groups in total. The first-order valence-electron chi connectivity index (χ1n) is 7.71. The number of rotatable bonds is 7. The first kappa shape index (κ1) is 16.0. The van der Waals surface area contributed by atoms with E-state index in [-0.39, 0.29) is 5.54 Å². The molecule has 1 unspecified atom stereocenters. The van der Waals surface area contributed by atoms with Crippen molar-refractivity contribution in [2.45, 2.75) is 78.3 Å². The smallest absolute Gasteiger partial charge is 0.00967 e. The second-order valence-electron chi connectivity index (χ2n) is 7.66. The zero-order valence-corrected chi connectivity index (χ0v) is 13.5. The maximum absolute atomic E-state index is 3.70. The largest absolute Gasteiger partial charge is 0.311 e. The SMILES string of the molecule is CCCC(C)(CNC(C)(C)C)CN(C)C1CCC1. The van der Waals surface area contributed by atoms with Gasteiger partial charge in [-0.3, -0.25) is 0 Å². The van der Waals surface area contributed by atoms with E-state index in [2.05, 4.69) is 51.9 Å². The zero-order chi connectivity index (χ0) is 13.8. The number of hydrogen-bond acceptors (Lipinski definition) is 2. The summed E-state index contributed by atoms with van der Waals surface area (Å²) in [5.74, 6) is 0. The lowest BCUT2D eigenvalue weighted by Gasteiger charge is -2.42. The van der Waals surface area contributed by atoms with Crippen LogP contribution < -0.4 is 5.32 Å². The Labute approximate surface area is 115 Å². The summed E-state index contributed by atoms with van der Waals surface area (Å²) >= 11 is 0. The maximum Gasteiger partial charge on any atom is 0.00967 e. The van der Waals surface area contributed by atoms with Gasteiger partial charge in [-0.05, 0) is 52.5 Å². The fourth-order valence-corrected chi connectivity index (χ4v) is 2.86. The van der Waals surface area contributed by atoms with Gasteiger partial charge in [0, 0.05) is 24.7 Å². The molecule has 2 heteroatoms. The monoisotopic (exact) mass is 254 g/mol. The van der Waals surface area contributed by atoms with Gasteiger partial charge in [-0.2, -0.15) is 0 Å². The molecule has 18 heavy (non-hydrogen) atoms. The minimum absolute atomic E-state index is 0.226. The second kappa shape index (κ2) is 6.38. The highest BCUT2D eigenvalue weighted by Gasteiger charge is 2.31. The van der Waals surface area contributed by atoms with Gasteiger partial charge in [0.25, 0.3) is 0 Å². The molecule has 1 saturated carbocycles. The number of nitrogens with one attached hydrogen (secondary N) is 1. The van der Waals surface area contributed by atoms with E-state index in [1.54, 1.807) is 0 Å². The van der Waals surface area contributed by atoms with Gasteiger partial charge >= 0.3 is 0 Å². The molecule has 1 aliphatic rings. The highest BCUT2D eigenvalue weighted by molar-refractivity contribution is 4.87. The molecule has 1 rings (SSSR count). The van der Waals surface area contributed by atoms with Crippen molar-refractivity contribution < 1.29 is 0 Å². The molecule has 0 heterocycles. The van der Waals surface area contributed by atoms with Crippen LogP contribution >= 0.6 is 0 Å². The third-order valence-electron chi connectivity index (χ3n) is 4.23. The van der Waals surface area contributed by atoms with E-state index in [1.165, 1.54) is 38.6 Å². The quantitative estimate of drug-likeness (QED) is 0.746. The van der Waals surface area contributed by atoms with E-state index in [0.29, 0.717) is 5.41 Å². The van der Waals surface area contributed by atoms with Gasteiger partial charge in [0.2, 0.25) is 0 Å². The Morgan fingerprint density at radius 3 is 2.17 bits per heavy atom. The minimum atomic E-state index is 0.226. The van der Waals surface area contributed by atoms with Crippen molar-refractivity contribution in [3.63, 3.8) is 0 Å². The van der Waals surface area contributed by atoms with E-state index in [9.17, 15) is 0 Å². The third-order valence-corrected chi connectivity index (χ3v) is 4.23. The Morgan fingerprint density at radius 1 is 1.17 bits per heavy atom. The molecule has 0 aromatic rings. The maximum atomic E-state index is 3.70. The molecule has 0 aliphatic heterocycles. The van der Waals surface area contributed by atoms with Crippen LogP contribution in [0.3, 0.4) is 0 Å². The standard InChI is InChI=1S/C16H34N2/c1-7-11-16(5,12-17-15(2,3)4)13-18(6)14-9-8-10-14/h14,17H,7-13H2,1-6H3. The molecule has 1 aliphatic carbocycles. The normalized spacial score (nSPS) is 20.8. The van der Waals surface area contributed by atoms with Crippen LogP contribution in [0.4, 0.5) is 0 Å². The van der Waals surface area contributed by atoms with Crippen molar-refractivity contribution in [1.29, 1.82) is 0 Å². The lowest BCUT2D eigenvalue weighted by atomic mass is 9.82. The van der Waals surface area contributed by atoms with Crippen LogP contribution in [0.1, 0.15) is 66.7 Å². The molecular formula is C16H34N2. The van der Waals surface area contributed by atoms with E-state index in [0.717, 1.165) is 12.6 Å². The lowest BCUT2D eigenvalue weighted by molar-refractivity contribution is 0.0906. The van der Waals surface area contributed by atoms with Crippen molar-refractivity contribution in [2.75, 3.05) is 20.1 Å². The summed E-state index contributed by atoms with van der Waals surface area (Å²) in [6, 6.07) is 0.857. The Bertz CT molecular complexity index is 240. The van der Waals surface area contributed by atoms with Gasteiger partial charge in [-0.1, -0.05) is 26.7 Å². The van der Waals surface area contributed by atoms with Crippen LogP contribution in [-0.2, 0) is 0 Å². The highest BCUT2D eigenvalue weighted by Crippen LogP contribution is 2.30. The lowest BCUT2D eigenvalue weighted by Crippen LogP contribution is -2.49. The summed E-state index contributed by atoms with van der Waals surface area (Å²) in [4.78, 5) is 2.60. The van der Waals surface area contributed by atoms with Crippen LogP contribution in [-0.4, -0.2) is 36.6 Å². The predicted octanol–water partition coefficient (Wildman–Crippen LogP) is 3.67. The summed E-state index contributed by atoms with van der Waals surface area (Å²) in [5, 5.41) is 3.70. The van der Waals surface area contributed by atoms with E-state index < -0.39 is 0 Å². The fraction of sp³-hybridized carbons (Fsp3) is 1.00. The molecule has 0 aromatic carbocycles. The molecule has 1 atom stereocenters. The summed E-state index contributed by atoms with van der Waals surface area (Å²) in [6.45, 7) is 13.9. The molecule has 0 spiro atoms. The fourth-order valence-electron chi connectivity index (χ4n) is 2.86. The predicted molar refractivity (Wildman–Crippen MR) is 81.0 cm³/mol. The van der Waals surface area contributed by atoms with Gasteiger partial charge < -0.3 is 10.2 Å². The van der Waals surface area contributed by atoms with Crippen LogP contribution in [0.5, 0.6) is 0 Å². The molecule has 108 valence electrons. The molecule has 0 bridgehead atoms. The average molecular weight is 254 g/mol. The van der Waals surface area contributed by atoms with E-state index in [1.807, 2.05) is 0 Å². The molecule has 0 aromatic heterocycles. The van der Waals surface area contributed by atoms with E-state index >= 15 is 0 Å². The first-order valence-corrected chi connectivity index (χ1v) is 7.71. The molecule has 0 radical (unpaired) electrons. The Kier molecular flexibility index (Phi) is 5.67. The van der Waals surface area contributed by atoms with Crippen LogP contribution in [0.15, 0.2) is 0 Å². The van der Waals surface area contributed by atoms with Crippen molar-refractivity contribution >= 4 is 0 Å². The first-order chi connectivity index (χ1) is 8.26. The highest BCUT2D eigenvalue weighted by atomic mass is 15.1. The van der Waals surface area contributed by atoms with Gasteiger partial charge in [0.15, 0.2) is 0 Å². The number of nitrogens with zero attached hydrogens (tertiary/aromatic N) is 1. The summed E-state index contributed by atoms with van der Waals surface area (Å²) in [6.07, 6.45) is 6.84. The Hall–Kier alpha value is -0.0800.